The highest BCUT2D eigenvalue weighted by Gasteiger charge is 2.28. The summed E-state index contributed by atoms with van der Waals surface area (Å²) in [6.07, 6.45) is 4.50. The van der Waals surface area contributed by atoms with E-state index in [0.29, 0.717) is 29.4 Å². The Morgan fingerprint density at radius 3 is 2.60 bits per heavy atom. The van der Waals surface area contributed by atoms with E-state index in [-0.39, 0.29) is 12.5 Å². The molecule has 1 aromatic carbocycles. The summed E-state index contributed by atoms with van der Waals surface area (Å²) in [5, 5.41) is 12.5. The molecule has 2 aromatic rings. The molecule has 0 fully saturated rings. The van der Waals surface area contributed by atoms with Gasteiger partial charge in [0.05, 0.1) is 23.2 Å². The lowest BCUT2D eigenvalue weighted by Crippen LogP contribution is -2.50. The second-order valence-corrected chi connectivity index (χ2v) is 4.83. The van der Waals surface area contributed by atoms with Gasteiger partial charge in [-0.1, -0.05) is 19.9 Å². The molecule has 0 saturated carbocycles. The van der Waals surface area contributed by atoms with Gasteiger partial charge >= 0.3 is 0 Å². The summed E-state index contributed by atoms with van der Waals surface area (Å²) < 4.78 is 0. The standard InChI is InChI=1S/C15H19N3O2/c1-3-15(4-2,10-19)18-14(20)11-6-5-7-12-13(11)17-9-8-16-12/h5-9,19H,3-4,10H2,1-2H3,(H,18,20). The van der Waals surface area contributed by atoms with Crippen molar-refractivity contribution in [2.24, 2.45) is 0 Å². The quantitative estimate of drug-likeness (QED) is 0.872. The number of aliphatic hydroxyl groups is 1. The molecular weight excluding hydrogens is 254 g/mol. The average Bonchev–Trinajstić information content (AvgIpc) is 2.52. The molecule has 20 heavy (non-hydrogen) atoms. The van der Waals surface area contributed by atoms with Crippen LogP contribution in [0.25, 0.3) is 11.0 Å². The van der Waals surface area contributed by atoms with E-state index in [4.69, 9.17) is 0 Å². The van der Waals surface area contributed by atoms with Crippen LogP contribution in [0.2, 0.25) is 0 Å². The van der Waals surface area contributed by atoms with Crippen LogP contribution in [-0.2, 0) is 0 Å². The Kier molecular flexibility index (Phi) is 4.29. The average molecular weight is 273 g/mol. The molecule has 2 N–H and O–H groups in total. The van der Waals surface area contributed by atoms with Crippen LogP contribution >= 0.6 is 0 Å². The largest absolute Gasteiger partial charge is 0.394 e. The summed E-state index contributed by atoms with van der Waals surface area (Å²) in [5.41, 5.74) is 1.16. The first-order chi connectivity index (χ1) is 9.65. The van der Waals surface area contributed by atoms with E-state index < -0.39 is 5.54 Å². The molecule has 1 heterocycles. The SMILES string of the molecule is CCC(CC)(CO)NC(=O)c1cccc2nccnc12. The fourth-order valence-corrected chi connectivity index (χ4v) is 2.17. The summed E-state index contributed by atoms with van der Waals surface area (Å²) in [5.74, 6) is -0.228. The summed E-state index contributed by atoms with van der Waals surface area (Å²) in [6, 6.07) is 5.32. The monoisotopic (exact) mass is 273 g/mol. The van der Waals surface area contributed by atoms with Gasteiger partial charge in [0.2, 0.25) is 0 Å². The number of hydrogen-bond acceptors (Lipinski definition) is 4. The number of rotatable bonds is 5. The van der Waals surface area contributed by atoms with Crippen molar-refractivity contribution in [1.29, 1.82) is 0 Å². The molecule has 0 saturated heterocycles. The van der Waals surface area contributed by atoms with Crippen LogP contribution in [0.3, 0.4) is 0 Å². The van der Waals surface area contributed by atoms with Gasteiger partial charge in [0.25, 0.3) is 5.91 Å². The van der Waals surface area contributed by atoms with Crippen molar-refractivity contribution in [3.8, 4) is 0 Å². The minimum absolute atomic E-state index is 0.0812. The van der Waals surface area contributed by atoms with Crippen LogP contribution in [0, 0.1) is 0 Å². The van der Waals surface area contributed by atoms with Crippen molar-refractivity contribution in [1.82, 2.24) is 15.3 Å². The Bertz CT molecular complexity index is 595. The molecule has 0 spiro atoms. The Labute approximate surface area is 118 Å². The number of aliphatic hydroxyl groups excluding tert-OH is 1. The van der Waals surface area contributed by atoms with Crippen molar-refractivity contribution >= 4 is 16.9 Å². The Balaban J connectivity index is 2.37. The van der Waals surface area contributed by atoms with Crippen LogP contribution < -0.4 is 5.32 Å². The molecule has 0 atom stereocenters. The lowest BCUT2D eigenvalue weighted by atomic mass is 9.93. The number of aromatic nitrogens is 2. The van der Waals surface area contributed by atoms with Crippen LogP contribution in [0.4, 0.5) is 0 Å². The Morgan fingerprint density at radius 1 is 1.25 bits per heavy atom. The summed E-state index contributed by atoms with van der Waals surface area (Å²) in [7, 11) is 0. The Hall–Kier alpha value is -2.01. The van der Waals surface area contributed by atoms with Crippen LogP contribution in [0.15, 0.2) is 30.6 Å². The number of nitrogens with zero attached hydrogens (tertiary/aromatic N) is 2. The third-order valence-corrected chi connectivity index (χ3v) is 3.78. The molecule has 1 amide bonds. The molecule has 1 aromatic heterocycles. The number of hydrogen-bond donors (Lipinski definition) is 2. The molecule has 5 nitrogen and oxygen atoms in total. The van der Waals surface area contributed by atoms with E-state index in [9.17, 15) is 9.90 Å². The summed E-state index contributed by atoms with van der Waals surface area (Å²) in [6.45, 7) is 3.81. The van der Waals surface area contributed by atoms with Gasteiger partial charge in [-0.2, -0.15) is 0 Å². The second-order valence-electron chi connectivity index (χ2n) is 4.83. The number of carbonyl (C=O) groups excluding carboxylic acids is 1. The van der Waals surface area contributed by atoms with Crippen LogP contribution in [0.5, 0.6) is 0 Å². The van der Waals surface area contributed by atoms with Crippen molar-refractivity contribution < 1.29 is 9.90 Å². The van der Waals surface area contributed by atoms with Crippen molar-refractivity contribution in [3.05, 3.63) is 36.2 Å². The molecule has 106 valence electrons. The minimum Gasteiger partial charge on any atom is -0.394 e. The normalized spacial score (nSPS) is 11.6. The zero-order valence-electron chi connectivity index (χ0n) is 11.8. The van der Waals surface area contributed by atoms with E-state index in [1.165, 1.54) is 0 Å². The molecule has 0 aliphatic carbocycles. The van der Waals surface area contributed by atoms with Gasteiger partial charge in [-0.05, 0) is 25.0 Å². The molecule has 0 aliphatic heterocycles. The van der Waals surface area contributed by atoms with Crippen molar-refractivity contribution in [2.45, 2.75) is 32.2 Å². The van der Waals surface area contributed by atoms with Gasteiger partial charge in [-0.25, -0.2) is 0 Å². The fraction of sp³-hybridized carbons (Fsp3) is 0.400. The fourth-order valence-electron chi connectivity index (χ4n) is 2.17. The van der Waals surface area contributed by atoms with Gasteiger partial charge in [-0.3, -0.25) is 14.8 Å². The van der Waals surface area contributed by atoms with Gasteiger partial charge < -0.3 is 10.4 Å². The summed E-state index contributed by atoms with van der Waals surface area (Å²) in [4.78, 5) is 20.9. The maximum atomic E-state index is 12.5. The van der Waals surface area contributed by atoms with Crippen LogP contribution in [-0.4, -0.2) is 33.1 Å². The molecular formula is C15H19N3O2. The lowest BCUT2D eigenvalue weighted by molar-refractivity contribution is 0.0819. The number of carbonyl (C=O) groups is 1. The van der Waals surface area contributed by atoms with Gasteiger partial charge in [0.1, 0.15) is 5.52 Å². The molecule has 5 heteroatoms. The third-order valence-electron chi connectivity index (χ3n) is 3.78. The first kappa shape index (κ1) is 14.4. The number of para-hydroxylation sites is 1. The van der Waals surface area contributed by atoms with E-state index in [2.05, 4.69) is 15.3 Å². The van der Waals surface area contributed by atoms with Gasteiger partial charge in [-0.15, -0.1) is 0 Å². The van der Waals surface area contributed by atoms with E-state index in [1.54, 1.807) is 24.5 Å². The van der Waals surface area contributed by atoms with Crippen LogP contribution in [0.1, 0.15) is 37.0 Å². The maximum Gasteiger partial charge on any atom is 0.254 e. The highest BCUT2D eigenvalue weighted by Crippen LogP contribution is 2.18. The second kappa shape index (κ2) is 5.96. The van der Waals surface area contributed by atoms with Crippen molar-refractivity contribution in [3.63, 3.8) is 0 Å². The lowest BCUT2D eigenvalue weighted by Gasteiger charge is -2.30. The number of benzene rings is 1. The first-order valence-corrected chi connectivity index (χ1v) is 6.79. The predicted octanol–water partition coefficient (Wildman–Crippen LogP) is 1.91. The highest BCUT2D eigenvalue weighted by atomic mass is 16.3. The summed E-state index contributed by atoms with van der Waals surface area (Å²) >= 11 is 0. The van der Waals surface area contributed by atoms with E-state index >= 15 is 0 Å². The zero-order chi connectivity index (χ0) is 14.6. The Morgan fingerprint density at radius 2 is 1.95 bits per heavy atom. The third kappa shape index (κ3) is 2.63. The number of nitrogens with one attached hydrogen (secondary N) is 1. The topological polar surface area (TPSA) is 75.1 Å². The van der Waals surface area contributed by atoms with Gasteiger partial charge in [0, 0.05) is 12.4 Å². The smallest absolute Gasteiger partial charge is 0.254 e. The maximum absolute atomic E-state index is 12.5. The molecule has 0 unspecified atom stereocenters. The van der Waals surface area contributed by atoms with Crippen molar-refractivity contribution in [2.75, 3.05) is 6.61 Å². The zero-order valence-corrected chi connectivity index (χ0v) is 11.8. The van der Waals surface area contributed by atoms with E-state index in [1.807, 2.05) is 19.9 Å². The molecule has 0 aliphatic rings. The number of amides is 1. The molecule has 2 rings (SSSR count). The predicted molar refractivity (Wildman–Crippen MR) is 77.4 cm³/mol. The minimum atomic E-state index is -0.582. The van der Waals surface area contributed by atoms with E-state index in [0.717, 1.165) is 0 Å². The number of fused-ring (bicyclic) bond motifs is 1. The highest BCUT2D eigenvalue weighted by molar-refractivity contribution is 6.04. The molecule has 0 radical (unpaired) electrons. The first-order valence-electron chi connectivity index (χ1n) is 6.79. The van der Waals surface area contributed by atoms with Gasteiger partial charge in [0.15, 0.2) is 0 Å². The molecule has 0 bridgehead atoms.